The van der Waals surface area contributed by atoms with Crippen LogP contribution in [0.3, 0.4) is 0 Å². The Bertz CT molecular complexity index is 271. The van der Waals surface area contributed by atoms with Gasteiger partial charge in [-0.1, -0.05) is 59.6 Å². The van der Waals surface area contributed by atoms with Gasteiger partial charge in [-0.3, -0.25) is 0 Å². The minimum absolute atomic E-state index is 0.531. The van der Waals surface area contributed by atoms with Crippen molar-refractivity contribution >= 4 is 27.5 Å². The molecule has 0 heterocycles. The minimum Gasteiger partial charge on any atom is -0.0891 e. The van der Waals surface area contributed by atoms with Crippen LogP contribution in [0.2, 0.25) is 5.02 Å². The van der Waals surface area contributed by atoms with Gasteiger partial charge in [0.05, 0.1) is 0 Å². The largest absolute Gasteiger partial charge is 0.0891 e. The molecule has 0 saturated carbocycles. The average Bonchev–Trinajstić information content (AvgIpc) is 2.08. The number of hydrogen-bond donors (Lipinski definition) is 0. The van der Waals surface area contributed by atoms with E-state index < -0.39 is 0 Å². The lowest BCUT2D eigenvalue weighted by molar-refractivity contribution is 0.581. The Morgan fingerprint density at radius 3 is 2.46 bits per heavy atom. The quantitative estimate of drug-likeness (QED) is 0.712. The van der Waals surface area contributed by atoms with Gasteiger partial charge in [-0.2, -0.15) is 0 Å². The zero-order valence-corrected chi connectivity index (χ0v) is 10.3. The number of alkyl halides is 1. The fraction of sp³-hybridized carbons (Fsp3) is 0.455. The van der Waals surface area contributed by atoms with E-state index >= 15 is 0 Å². The normalized spacial score (nSPS) is 15.4. The van der Waals surface area contributed by atoms with E-state index in [1.54, 1.807) is 0 Å². The van der Waals surface area contributed by atoms with Crippen LogP contribution in [0.4, 0.5) is 0 Å². The molecule has 1 aromatic carbocycles. The Hall–Kier alpha value is -0.0100. The third-order valence-corrected chi connectivity index (χ3v) is 3.56. The van der Waals surface area contributed by atoms with E-state index in [2.05, 4.69) is 35.8 Å². The van der Waals surface area contributed by atoms with Crippen molar-refractivity contribution in [3.05, 3.63) is 34.9 Å². The second kappa shape index (κ2) is 5.02. The fourth-order valence-electron chi connectivity index (χ4n) is 1.17. The summed E-state index contributed by atoms with van der Waals surface area (Å²) in [5, 5.41) is 0.877. The SMILES string of the molecule is CC(Br)C(C)Cc1ccccc1Cl. The van der Waals surface area contributed by atoms with Crippen LogP contribution in [-0.4, -0.2) is 4.83 Å². The summed E-state index contributed by atoms with van der Waals surface area (Å²) in [6.07, 6.45) is 1.03. The van der Waals surface area contributed by atoms with E-state index in [4.69, 9.17) is 11.6 Å². The molecule has 1 aromatic rings. The first-order valence-corrected chi connectivity index (χ1v) is 5.78. The second-order valence-electron chi connectivity index (χ2n) is 3.45. The van der Waals surface area contributed by atoms with Crippen LogP contribution in [0.15, 0.2) is 24.3 Å². The van der Waals surface area contributed by atoms with Gasteiger partial charge >= 0.3 is 0 Å². The molecule has 2 unspecified atom stereocenters. The van der Waals surface area contributed by atoms with E-state index in [-0.39, 0.29) is 0 Å². The molecule has 0 saturated heterocycles. The molecule has 72 valence electrons. The first kappa shape index (κ1) is 11.1. The molecule has 0 aromatic heterocycles. The van der Waals surface area contributed by atoms with E-state index in [0.29, 0.717) is 10.7 Å². The van der Waals surface area contributed by atoms with Crippen molar-refractivity contribution in [2.24, 2.45) is 5.92 Å². The van der Waals surface area contributed by atoms with Crippen molar-refractivity contribution < 1.29 is 0 Å². The Kier molecular flexibility index (Phi) is 4.27. The van der Waals surface area contributed by atoms with Gasteiger partial charge in [0, 0.05) is 9.85 Å². The maximum atomic E-state index is 6.06. The van der Waals surface area contributed by atoms with Crippen molar-refractivity contribution in [1.82, 2.24) is 0 Å². The smallest absolute Gasteiger partial charge is 0.0438 e. The van der Waals surface area contributed by atoms with E-state index in [1.807, 2.05) is 18.2 Å². The van der Waals surface area contributed by atoms with E-state index in [9.17, 15) is 0 Å². The summed E-state index contributed by atoms with van der Waals surface area (Å²) in [4.78, 5) is 0.531. The first-order valence-electron chi connectivity index (χ1n) is 4.48. The Labute approximate surface area is 93.4 Å². The third-order valence-electron chi connectivity index (χ3n) is 2.28. The second-order valence-corrected chi connectivity index (χ2v) is 5.30. The van der Waals surface area contributed by atoms with E-state index in [0.717, 1.165) is 11.4 Å². The third kappa shape index (κ3) is 3.32. The van der Waals surface area contributed by atoms with Gasteiger partial charge in [-0.15, -0.1) is 0 Å². The lowest BCUT2D eigenvalue weighted by Gasteiger charge is -2.14. The Morgan fingerprint density at radius 1 is 1.31 bits per heavy atom. The van der Waals surface area contributed by atoms with Crippen LogP contribution >= 0.6 is 27.5 Å². The summed E-state index contributed by atoms with van der Waals surface area (Å²) in [5.41, 5.74) is 1.24. The van der Waals surface area contributed by atoms with Gasteiger partial charge in [-0.05, 0) is 24.0 Å². The number of benzene rings is 1. The highest BCUT2D eigenvalue weighted by atomic mass is 79.9. The molecular weight excluding hydrogens is 247 g/mol. The standard InChI is InChI=1S/C11H14BrCl/c1-8(9(2)12)7-10-5-3-4-6-11(10)13/h3-6,8-9H,7H2,1-2H3. The predicted octanol–water partition coefficient (Wildman–Crippen LogP) is 4.30. The van der Waals surface area contributed by atoms with Crippen molar-refractivity contribution in [1.29, 1.82) is 0 Å². The van der Waals surface area contributed by atoms with Crippen LogP contribution in [0.25, 0.3) is 0 Å². The summed E-state index contributed by atoms with van der Waals surface area (Å²) in [5.74, 6) is 0.611. The van der Waals surface area contributed by atoms with Gasteiger partial charge in [0.15, 0.2) is 0 Å². The molecule has 0 amide bonds. The average molecular weight is 262 g/mol. The van der Waals surface area contributed by atoms with Gasteiger partial charge in [0.25, 0.3) is 0 Å². The molecule has 2 heteroatoms. The van der Waals surface area contributed by atoms with Crippen molar-refractivity contribution in [2.45, 2.75) is 25.1 Å². The fourth-order valence-corrected chi connectivity index (χ4v) is 1.57. The molecular formula is C11H14BrCl. The summed E-state index contributed by atoms with van der Waals surface area (Å²) < 4.78 is 0. The molecule has 2 atom stereocenters. The van der Waals surface area contributed by atoms with Crippen LogP contribution in [0, 0.1) is 5.92 Å². The zero-order valence-electron chi connectivity index (χ0n) is 7.93. The molecule has 0 N–H and O–H groups in total. The monoisotopic (exact) mass is 260 g/mol. The molecule has 0 aliphatic carbocycles. The summed E-state index contributed by atoms with van der Waals surface area (Å²) in [6.45, 7) is 4.39. The molecule has 0 nitrogen and oxygen atoms in total. The van der Waals surface area contributed by atoms with Gasteiger partial charge in [-0.25, -0.2) is 0 Å². The summed E-state index contributed by atoms with van der Waals surface area (Å²) in [6, 6.07) is 8.04. The lowest BCUT2D eigenvalue weighted by Crippen LogP contribution is -2.09. The van der Waals surface area contributed by atoms with Crippen molar-refractivity contribution in [3.8, 4) is 0 Å². The molecule has 13 heavy (non-hydrogen) atoms. The van der Waals surface area contributed by atoms with Crippen LogP contribution < -0.4 is 0 Å². The molecule has 0 spiro atoms. The molecule has 0 aliphatic heterocycles. The lowest BCUT2D eigenvalue weighted by atomic mass is 9.99. The maximum Gasteiger partial charge on any atom is 0.0438 e. The first-order chi connectivity index (χ1) is 6.11. The zero-order chi connectivity index (χ0) is 9.84. The molecule has 0 bridgehead atoms. The maximum absolute atomic E-state index is 6.06. The molecule has 0 fully saturated rings. The summed E-state index contributed by atoms with van der Waals surface area (Å²) in [7, 11) is 0. The highest BCUT2D eigenvalue weighted by Crippen LogP contribution is 2.22. The summed E-state index contributed by atoms with van der Waals surface area (Å²) >= 11 is 9.64. The highest BCUT2D eigenvalue weighted by Gasteiger charge is 2.10. The highest BCUT2D eigenvalue weighted by molar-refractivity contribution is 9.09. The van der Waals surface area contributed by atoms with Gasteiger partial charge < -0.3 is 0 Å². The Balaban J connectivity index is 2.69. The van der Waals surface area contributed by atoms with Crippen molar-refractivity contribution in [2.75, 3.05) is 0 Å². The van der Waals surface area contributed by atoms with Crippen LogP contribution in [0.1, 0.15) is 19.4 Å². The topological polar surface area (TPSA) is 0 Å². The number of hydrogen-bond acceptors (Lipinski definition) is 0. The van der Waals surface area contributed by atoms with Crippen molar-refractivity contribution in [3.63, 3.8) is 0 Å². The number of halogens is 2. The minimum atomic E-state index is 0.531. The van der Waals surface area contributed by atoms with E-state index in [1.165, 1.54) is 5.56 Å². The van der Waals surface area contributed by atoms with Gasteiger partial charge in [0.1, 0.15) is 0 Å². The molecule has 0 radical (unpaired) electrons. The number of rotatable bonds is 3. The van der Waals surface area contributed by atoms with Crippen LogP contribution in [-0.2, 0) is 6.42 Å². The molecule has 0 aliphatic rings. The van der Waals surface area contributed by atoms with Gasteiger partial charge in [0.2, 0.25) is 0 Å². The Morgan fingerprint density at radius 2 is 1.92 bits per heavy atom. The van der Waals surface area contributed by atoms with Crippen LogP contribution in [0.5, 0.6) is 0 Å². The molecule has 1 rings (SSSR count). The predicted molar refractivity (Wildman–Crippen MR) is 62.7 cm³/mol.